The number of aryl methyl sites for hydroxylation is 1. The van der Waals surface area contributed by atoms with E-state index in [1.54, 1.807) is 0 Å². The van der Waals surface area contributed by atoms with E-state index in [9.17, 15) is 0 Å². The van der Waals surface area contributed by atoms with Crippen molar-refractivity contribution in [1.82, 2.24) is 14.9 Å². The number of aliphatic hydroxyl groups is 1. The number of nitrogens with zero attached hydrogens (tertiary/aromatic N) is 2. The summed E-state index contributed by atoms with van der Waals surface area (Å²) in [6.45, 7) is 6.05. The molecule has 0 fully saturated rings. The lowest BCUT2D eigenvalue weighted by atomic mass is 10.0. The van der Waals surface area contributed by atoms with Crippen LogP contribution in [-0.2, 0) is 6.54 Å². The summed E-state index contributed by atoms with van der Waals surface area (Å²) in [4.78, 5) is 4.38. The zero-order valence-corrected chi connectivity index (χ0v) is 11.1. The van der Waals surface area contributed by atoms with Gasteiger partial charge in [-0.05, 0) is 32.4 Å². The van der Waals surface area contributed by atoms with Crippen LogP contribution in [0.1, 0.15) is 20.3 Å². The summed E-state index contributed by atoms with van der Waals surface area (Å²) < 4.78 is 2.18. The maximum atomic E-state index is 8.85. The van der Waals surface area contributed by atoms with Crippen molar-refractivity contribution in [2.75, 3.05) is 13.2 Å². The monoisotopic (exact) mass is 247 g/mol. The minimum atomic E-state index is 0.0219. The van der Waals surface area contributed by atoms with Gasteiger partial charge in [0.1, 0.15) is 0 Å². The number of fused-ring (bicyclic) bond motifs is 1. The van der Waals surface area contributed by atoms with E-state index in [1.807, 2.05) is 24.5 Å². The van der Waals surface area contributed by atoms with E-state index in [-0.39, 0.29) is 12.1 Å². The molecule has 1 aromatic carbocycles. The normalized spacial score (nSPS) is 12.2. The Morgan fingerprint density at radius 1 is 1.33 bits per heavy atom. The number of nitrogens with one attached hydrogen (secondary N) is 1. The van der Waals surface area contributed by atoms with E-state index in [0.717, 1.165) is 18.5 Å². The number of aliphatic hydroxyl groups excluding tert-OH is 1. The number of imidazole rings is 1. The second-order valence-electron chi connectivity index (χ2n) is 5.21. The molecule has 0 bridgehead atoms. The molecular weight excluding hydrogens is 226 g/mol. The second kappa shape index (κ2) is 5.50. The first-order valence-electron chi connectivity index (χ1n) is 6.38. The number of para-hydroxylation sites is 2. The van der Waals surface area contributed by atoms with Gasteiger partial charge in [0.25, 0.3) is 0 Å². The molecule has 0 aliphatic carbocycles. The van der Waals surface area contributed by atoms with E-state index < -0.39 is 0 Å². The summed E-state index contributed by atoms with van der Waals surface area (Å²) in [6, 6.07) is 8.17. The summed E-state index contributed by atoms with van der Waals surface area (Å²) >= 11 is 0. The quantitative estimate of drug-likeness (QED) is 0.818. The van der Waals surface area contributed by atoms with Gasteiger partial charge in [0.2, 0.25) is 0 Å². The van der Waals surface area contributed by atoms with Crippen molar-refractivity contribution >= 4 is 11.0 Å². The van der Waals surface area contributed by atoms with Crippen LogP contribution in [-0.4, -0.2) is 33.3 Å². The molecule has 4 heteroatoms. The van der Waals surface area contributed by atoms with Crippen molar-refractivity contribution in [2.24, 2.45) is 0 Å². The first-order chi connectivity index (χ1) is 8.62. The van der Waals surface area contributed by atoms with Gasteiger partial charge in [0, 0.05) is 18.6 Å². The molecule has 0 aliphatic heterocycles. The average Bonchev–Trinajstić information content (AvgIpc) is 2.78. The van der Waals surface area contributed by atoms with Gasteiger partial charge in [0.15, 0.2) is 0 Å². The third kappa shape index (κ3) is 3.09. The van der Waals surface area contributed by atoms with Crippen molar-refractivity contribution in [3.05, 3.63) is 30.6 Å². The Balaban J connectivity index is 2.01. The molecule has 2 rings (SSSR count). The van der Waals surface area contributed by atoms with E-state index in [4.69, 9.17) is 5.11 Å². The lowest BCUT2D eigenvalue weighted by Crippen LogP contribution is -2.41. The van der Waals surface area contributed by atoms with Crippen LogP contribution >= 0.6 is 0 Å². The number of hydrogen-bond acceptors (Lipinski definition) is 3. The highest BCUT2D eigenvalue weighted by molar-refractivity contribution is 5.74. The largest absolute Gasteiger partial charge is 0.395 e. The molecule has 0 saturated carbocycles. The highest BCUT2D eigenvalue weighted by atomic mass is 16.3. The molecule has 1 aromatic heterocycles. The Morgan fingerprint density at radius 3 is 2.89 bits per heavy atom. The van der Waals surface area contributed by atoms with Crippen molar-refractivity contribution in [3.8, 4) is 0 Å². The lowest BCUT2D eigenvalue weighted by molar-refractivity contribution is 0.257. The predicted molar refractivity (Wildman–Crippen MR) is 73.5 cm³/mol. The topological polar surface area (TPSA) is 50.1 Å². The molecule has 0 unspecified atom stereocenters. The number of rotatable bonds is 6. The van der Waals surface area contributed by atoms with Crippen molar-refractivity contribution in [1.29, 1.82) is 0 Å². The molecule has 0 atom stereocenters. The zero-order valence-electron chi connectivity index (χ0n) is 11.1. The molecule has 0 amide bonds. The van der Waals surface area contributed by atoms with E-state index in [2.05, 4.69) is 34.8 Å². The predicted octanol–water partition coefficient (Wildman–Crippen LogP) is 1.79. The van der Waals surface area contributed by atoms with Crippen molar-refractivity contribution < 1.29 is 5.11 Å². The fourth-order valence-corrected chi connectivity index (χ4v) is 2.07. The smallest absolute Gasteiger partial charge is 0.0958 e. The highest BCUT2D eigenvalue weighted by Gasteiger charge is 2.16. The highest BCUT2D eigenvalue weighted by Crippen LogP contribution is 2.15. The van der Waals surface area contributed by atoms with Gasteiger partial charge in [0.05, 0.1) is 24.0 Å². The van der Waals surface area contributed by atoms with E-state index >= 15 is 0 Å². The Bertz CT molecular complexity index is 504. The third-order valence-electron chi connectivity index (χ3n) is 3.22. The fourth-order valence-electron chi connectivity index (χ4n) is 2.07. The average molecular weight is 247 g/mol. The standard InChI is InChI=1S/C14H21N3O/c1-14(2,16-8-10-18)7-9-17-11-15-12-5-3-4-6-13(12)17/h3-6,11,16,18H,7-10H2,1-2H3. The third-order valence-corrected chi connectivity index (χ3v) is 3.22. The SMILES string of the molecule is CC(C)(CCn1cnc2ccccc21)NCCO. The molecule has 1 heterocycles. The molecule has 98 valence electrons. The van der Waals surface area contributed by atoms with Crippen LogP contribution in [0.5, 0.6) is 0 Å². The number of benzene rings is 1. The first-order valence-corrected chi connectivity index (χ1v) is 6.38. The molecule has 0 saturated heterocycles. The molecule has 2 aromatic rings. The van der Waals surface area contributed by atoms with Crippen molar-refractivity contribution in [3.63, 3.8) is 0 Å². The Morgan fingerprint density at radius 2 is 2.11 bits per heavy atom. The second-order valence-corrected chi connectivity index (χ2v) is 5.21. The van der Waals surface area contributed by atoms with E-state index in [1.165, 1.54) is 5.52 Å². The molecule has 18 heavy (non-hydrogen) atoms. The van der Waals surface area contributed by atoms with Crippen LogP contribution in [0.3, 0.4) is 0 Å². The molecule has 0 spiro atoms. The molecule has 0 aliphatic rings. The summed E-state index contributed by atoms with van der Waals surface area (Å²) in [5.74, 6) is 0. The van der Waals surface area contributed by atoms with Gasteiger partial charge in [-0.1, -0.05) is 12.1 Å². The van der Waals surface area contributed by atoms with Gasteiger partial charge in [-0.15, -0.1) is 0 Å². The van der Waals surface area contributed by atoms with Crippen molar-refractivity contribution in [2.45, 2.75) is 32.4 Å². The van der Waals surface area contributed by atoms with E-state index in [0.29, 0.717) is 6.54 Å². The van der Waals surface area contributed by atoms with Crippen LogP contribution in [0.4, 0.5) is 0 Å². The first kappa shape index (κ1) is 13.1. The maximum absolute atomic E-state index is 8.85. The maximum Gasteiger partial charge on any atom is 0.0958 e. The number of β-amino-alcohol motifs (C(OH)–C–C–N with tert-alkyl or cyclic N) is 1. The van der Waals surface area contributed by atoms with Crippen LogP contribution in [0.2, 0.25) is 0 Å². The summed E-state index contributed by atoms with van der Waals surface area (Å²) in [5, 5.41) is 12.2. The number of aromatic nitrogens is 2. The minimum Gasteiger partial charge on any atom is -0.395 e. The summed E-state index contributed by atoms with van der Waals surface area (Å²) in [7, 11) is 0. The molecular formula is C14H21N3O. The van der Waals surface area contributed by atoms with Gasteiger partial charge < -0.3 is 15.0 Å². The Hall–Kier alpha value is -1.39. The Labute approximate surface area is 108 Å². The molecule has 4 nitrogen and oxygen atoms in total. The van der Waals surface area contributed by atoms with Gasteiger partial charge in [-0.3, -0.25) is 0 Å². The summed E-state index contributed by atoms with van der Waals surface area (Å²) in [6.07, 6.45) is 2.89. The summed E-state index contributed by atoms with van der Waals surface area (Å²) in [5.41, 5.74) is 2.24. The fraction of sp³-hybridized carbons (Fsp3) is 0.500. The van der Waals surface area contributed by atoms with Gasteiger partial charge >= 0.3 is 0 Å². The van der Waals surface area contributed by atoms with Crippen LogP contribution in [0.15, 0.2) is 30.6 Å². The zero-order chi connectivity index (χ0) is 13.0. The van der Waals surface area contributed by atoms with Gasteiger partial charge in [-0.25, -0.2) is 4.98 Å². The minimum absolute atomic E-state index is 0.0219. The Kier molecular flexibility index (Phi) is 3.99. The van der Waals surface area contributed by atoms with Crippen LogP contribution < -0.4 is 5.32 Å². The molecule has 2 N–H and O–H groups in total. The van der Waals surface area contributed by atoms with Gasteiger partial charge in [-0.2, -0.15) is 0 Å². The number of hydrogen-bond donors (Lipinski definition) is 2. The van der Waals surface area contributed by atoms with Crippen LogP contribution in [0, 0.1) is 0 Å². The molecule has 0 radical (unpaired) electrons. The lowest BCUT2D eigenvalue weighted by Gasteiger charge is -2.26. The van der Waals surface area contributed by atoms with Crippen LogP contribution in [0.25, 0.3) is 11.0 Å².